The van der Waals surface area contributed by atoms with E-state index < -0.39 is 6.10 Å². The third kappa shape index (κ3) is 3.07. The number of nitrogens with one attached hydrogen (secondary N) is 1. The summed E-state index contributed by atoms with van der Waals surface area (Å²) >= 11 is 0. The van der Waals surface area contributed by atoms with E-state index in [0.29, 0.717) is 0 Å². The van der Waals surface area contributed by atoms with E-state index in [1.54, 1.807) is 0 Å². The van der Waals surface area contributed by atoms with Crippen molar-refractivity contribution >= 4 is 16.8 Å². The Morgan fingerprint density at radius 2 is 2.27 bits per heavy atom. The molecule has 0 radical (unpaired) electrons. The Bertz CT molecular complexity index is 702. The van der Waals surface area contributed by atoms with Gasteiger partial charge in [0.2, 0.25) is 5.91 Å². The van der Waals surface area contributed by atoms with Gasteiger partial charge < -0.3 is 15.0 Å². The van der Waals surface area contributed by atoms with Gasteiger partial charge in [-0.15, -0.1) is 0 Å². The molecule has 0 saturated carbocycles. The van der Waals surface area contributed by atoms with Gasteiger partial charge in [0, 0.05) is 31.2 Å². The second-order valence-corrected chi connectivity index (χ2v) is 5.99. The first kappa shape index (κ1) is 14.9. The van der Waals surface area contributed by atoms with Crippen molar-refractivity contribution in [2.24, 2.45) is 13.0 Å². The Kier molecular flexibility index (Phi) is 4.29. The minimum absolute atomic E-state index is 0.0455. The van der Waals surface area contributed by atoms with Gasteiger partial charge in [0.15, 0.2) is 0 Å². The molecule has 0 spiro atoms. The molecule has 4 heteroatoms. The number of hydrogen-bond donors (Lipinski definition) is 2. The van der Waals surface area contributed by atoms with E-state index in [1.165, 1.54) is 0 Å². The lowest BCUT2D eigenvalue weighted by molar-refractivity contribution is -0.125. The quantitative estimate of drug-likeness (QED) is 0.853. The second-order valence-electron chi connectivity index (χ2n) is 5.99. The van der Waals surface area contributed by atoms with Crippen LogP contribution >= 0.6 is 0 Å². The van der Waals surface area contributed by atoms with Gasteiger partial charge in [-0.25, -0.2) is 0 Å². The van der Waals surface area contributed by atoms with Crippen molar-refractivity contribution in [2.75, 3.05) is 6.54 Å². The monoisotopic (exact) mass is 298 g/mol. The van der Waals surface area contributed by atoms with Crippen LogP contribution in [0.15, 0.2) is 42.6 Å². The number of aliphatic hydroxyl groups excluding tert-OH is 1. The highest BCUT2D eigenvalue weighted by atomic mass is 16.3. The van der Waals surface area contributed by atoms with Crippen molar-refractivity contribution in [1.29, 1.82) is 0 Å². The van der Waals surface area contributed by atoms with Crippen LogP contribution in [0.5, 0.6) is 0 Å². The first-order valence-corrected chi connectivity index (χ1v) is 7.81. The molecule has 1 aliphatic carbocycles. The average Bonchev–Trinajstić information content (AvgIpc) is 2.93. The highest BCUT2D eigenvalue weighted by molar-refractivity contribution is 5.81. The molecule has 0 fully saturated rings. The van der Waals surface area contributed by atoms with Crippen LogP contribution in [0.1, 0.15) is 30.9 Å². The van der Waals surface area contributed by atoms with Crippen LogP contribution < -0.4 is 5.32 Å². The molecule has 0 aliphatic heterocycles. The molecule has 22 heavy (non-hydrogen) atoms. The molecule has 0 bridgehead atoms. The molecule has 1 aromatic carbocycles. The van der Waals surface area contributed by atoms with E-state index in [1.807, 2.05) is 42.1 Å². The lowest BCUT2D eigenvalue weighted by Gasteiger charge is -2.19. The van der Waals surface area contributed by atoms with Gasteiger partial charge in [-0.2, -0.15) is 0 Å². The van der Waals surface area contributed by atoms with Gasteiger partial charge in [0.1, 0.15) is 0 Å². The maximum absolute atomic E-state index is 12.1. The van der Waals surface area contributed by atoms with Gasteiger partial charge in [-0.3, -0.25) is 4.79 Å². The van der Waals surface area contributed by atoms with Crippen LogP contribution in [0.4, 0.5) is 0 Å². The number of carbonyl (C=O) groups is 1. The zero-order chi connectivity index (χ0) is 15.5. The Morgan fingerprint density at radius 1 is 1.41 bits per heavy atom. The molecule has 116 valence electrons. The standard InChI is InChI=1S/C18H22N2O2/c1-20-10-9-14-11-15(7-8-16(14)20)17(21)12-19-18(22)13-5-3-2-4-6-13/h2-3,7-11,13,17,21H,4-6,12H2,1H3,(H,19,22)/t13-,17+/m1/s1. The van der Waals surface area contributed by atoms with E-state index in [-0.39, 0.29) is 18.4 Å². The van der Waals surface area contributed by atoms with E-state index in [9.17, 15) is 9.90 Å². The summed E-state index contributed by atoms with van der Waals surface area (Å²) < 4.78 is 2.05. The fourth-order valence-corrected chi connectivity index (χ4v) is 3.00. The molecule has 1 amide bonds. The van der Waals surface area contributed by atoms with E-state index in [0.717, 1.165) is 35.7 Å². The lowest BCUT2D eigenvalue weighted by atomic mass is 9.93. The molecular weight excluding hydrogens is 276 g/mol. The molecule has 2 atom stereocenters. The van der Waals surface area contributed by atoms with Crippen molar-refractivity contribution in [3.63, 3.8) is 0 Å². The van der Waals surface area contributed by atoms with Crippen LogP contribution in [0.2, 0.25) is 0 Å². The maximum Gasteiger partial charge on any atom is 0.223 e. The molecular formula is C18H22N2O2. The highest BCUT2D eigenvalue weighted by Gasteiger charge is 2.19. The van der Waals surface area contributed by atoms with Crippen molar-refractivity contribution in [2.45, 2.75) is 25.4 Å². The normalized spacial score (nSPS) is 19.3. The molecule has 4 nitrogen and oxygen atoms in total. The van der Waals surface area contributed by atoms with Crippen molar-refractivity contribution in [3.05, 3.63) is 48.2 Å². The smallest absolute Gasteiger partial charge is 0.223 e. The Morgan fingerprint density at radius 3 is 3.05 bits per heavy atom. The van der Waals surface area contributed by atoms with Crippen LogP contribution in [-0.4, -0.2) is 22.1 Å². The van der Waals surface area contributed by atoms with E-state index in [2.05, 4.69) is 17.5 Å². The number of benzene rings is 1. The third-order valence-electron chi connectivity index (χ3n) is 4.40. The number of fused-ring (bicyclic) bond motifs is 1. The van der Waals surface area contributed by atoms with Gasteiger partial charge in [0.25, 0.3) is 0 Å². The fourth-order valence-electron chi connectivity index (χ4n) is 3.00. The van der Waals surface area contributed by atoms with E-state index in [4.69, 9.17) is 0 Å². The van der Waals surface area contributed by atoms with Crippen molar-refractivity contribution in [1.82, 2.24) is 9.88 Å². The first-order valence-electron chi connectivity index (χ1n) is 7.81. The molecule has 2 N–H and O–H groups in total. The highest BCUT2D eigenvalue weighted by Crippen LogP contribution is 2.22. The summed E-state index contributed by atoms with van der Waals surface area (Å²) in [6.45, 7) is 0.261. The van der Waals surface area contributed by atoms with Crippen LogP contribution in [-0.2, 0) is 11.8 Å². The molecule has 0 unspecified atom stereocenters. The van der Waals surface area contributed by atoms with Crippen molar-refractivity contribution < 1.29 is 9.90 Å². The maximum atomic E-state index is 12.1. The van der Waals surface area contributed by atoms with Crippen LogP contribution in [0.3, 0.4) is 0 Å². The molecule has 0 saturated heterocycles. The molecule has 1 heterocycles. The second kappa shape index (κ2) is 6.36. The van der Waals surface area contributed by atoms with Gasteiger partial charge in [-0.1, -0.05) is 18.2 Å². The summed E-state index contributed by atoms with van der Waals surface area (Å²) in [5.41, 5.74) is 1.97. The average molecular weight is 298 g/mol. The Hall–Kier alpha value is -2.07. The first-order chi connectivity index (χ1) is 10.6. The number of amides is 1. The number of rotatable bonds is 4. The minimum Gasteiger partial charge on any atom is -0.387 e. The summed E-state index contributed by atoms with van der Waals surface area (Å²) in [4.78, 5) is 12.1. The number of carbonyl (C=O) groups excluding carboxylic acids is 1. The van der Waals surface area contributed by atoms with Gasteiger partial charge in [-0.05, 0) is 48.4 Å². The fraction of sp³-hybridized carbons (Fsp3) is 0.389. The zero-order valence-corrected chi connectivity index (χ0v) is 12.8. The minimum atomic E-state index is -0.673. The predicted molar refractivity (Wildman–Crippen MR) is 87.4 cm³/mol. The lowest BCUT2D eigenvalue weighted by Crippen LogP contribution is -2.34. The Balaban J connectivity index is 1.61. The summed E-state index contributed by atoms with van der Waals surface area (Å²) in [7, 11) is 2.00. The number of aryl methyl sites for hydroxylation is 1. The summed E-state index contributed by atoms with van der Waals surface area (Å²) in [5, 5.41) is 14.3. The summed E-state index contributed by atoms with van der Waals surface area (Å²) in [6, 6.07) is 7.93. The SMILES string of the molecule is Cn1ccc2cc([C@@H](O)CNC(=O)[C@@H]3CC=CCC3)ccc21. The number of aliphatic hydroxyl groups is 1. The largest absolute Gasteiger partial charge is 0.387 e. The molecule has 2 aromatic rings. The predicted octanol–water partition coefficient (Wildman–Crippen LogP) is 2.68. The Labute approximate surface area is 130 Å². The van der Waals surface area contributed by atoms with Crippen molar-refractivity contribution in [3.8, 4) is 0 Å². The number of nitrogens with zero attached hydrogens (tertiary/aromatic N) is 1. The van der Waals surface area contributed by atoms with Crippen LogP contribution in [0.25, 0.3) is 10.9 Å². The zero-order valence-electron chi connectivity index (χ0n) is 12.8. The van der Waals surface area contributed by atoms with Gasteiger partial charge in [0.05, 0.1) is 6.10 Å². The van der Waals surface area contributed by atoms with Crippen LogP contribution in [0, 0.1) is 5.92 Å². The third-order valence-corrected chi connectivity index (χ3v) is 4.40. The summed E-state index contributed by atoms with van der Waals surface area (Å²) in [5.74, 6) is 0.0954. The molecule has 1 aliphatic rings. The van der Waals surface area contributed by atoms with E-state index >= 15 is 0 Å². The number of aromatic nitrogens is 1. The van der Waals surface area contributed by atoms with Gasteiger partial charge >= 0.3 is 0 Å². The summed E-state index contributed by atoms with van der Waals surface area (Å²) in [6.07, 6.45) is 8.17. The molecule has 3 rings (SSSR count). The number of allylic oxidation sites excluding steroid dienone is 2. The number of hydrogen-bond acceptors (Lipinski definition) is 2. The molecule has 1 aromatic heterocycles. The topological polar surface area (TPSA) is 54.3 Å².